The molecule has 2 aliphatic rings. The van der Waals surface area contributed by atoms with Crippen LogP contribution in [0.3, 0.4) is 0 Å². The number of hydrogen-bond acceptors (Lipinski definition) is 1. The Kier molecular flexibility index (Phi) is 6.03. The Bertz CT molecular complexity index is 259. The van der Waals surface area contributed by atoms with Crippen LogP contribution in [-0.2, 0) is 0 Å². The summed E-state index contributed by atoms with van der Waals surface area (Å²) in [7, 11) is 1.87. The molecule has 2 aliphatic carbocycles. The molecule has 0 aromatic heterocycles. The van der Waals surface area contributed by atoms with E-state index in [2.05, 4.69) is 29.5 Å². The number of halogens is 1. The second-order valence-corrected chi connectivity index (χ2v) is 5.64. The van der Waals surface area contributed by atoms with Crippen LogP contribution in [0.1, 0.15) is 46.0 Å². The van der Waals surface area contributed by atoms with E-state index < -0.39 is 0 Å². The predicted octanol–water partition coefficient (Wildman–Crippen LogP) is 2.76. The average molecular weight is 351 g/mol. The van der Waals surface area contributed by atoms with E-state index in [1.54, 1.807) is 0 Å². The van der Waals surface area contributed by atoms with Gasteiger partial charge in [-0.15, -0.1) is 24.0 Å². The summed E-state index contributed by atoms with van der Waals surface area (Å²) in [6, 6.07) is 1.30. The van der Waals surface area contributed by atoms with Crippen LogP contribution in [-0.4, -0.2) is 25.1 Å². The molecule has 17 heavy (non-hydrogen) atoms. The van der Waals surface area contributed by atoms with Crippen LogP contribution in [0.2, 0.25) is 0 Å². The molecule has 0 heterocycles. The summed E-state index contributed by atoms with van der Waals surface area (Å²) in [6.45, 7) is 4.64. The minimum atomic E-state index is 0. The second kappa shape index (κ2) is 6.81. The third-order valence-corrected chi connectivity index (χ3v) is 4.01. The quantitative estimate of drug-likeness (QED) is 0.456. The summed E-state index contributed by atoms with van der Waals surface area (Å²) in [6.07, 6.45) is 6.59. The van der Waals surface area contributed by atoms with Gasteiger partial charge < -0.3 is 10.6 Å². The van der Waals surface area contributed by atoms with Gasteiger partial charge in [-0.05, 0) is 43.9 Å². The lowest BCUT2D eigenvalue weighted by Crippen LogP contribution is -2.45. The van der Waals surface area contributed by atoms with Gasteiger partial charge in [0.1, 0.15) is 0 Å². The largest absolute Gasteiger partial charge is 0.354 e. The van der Waals surface area contributed by atoms with Crippen LogP contribution in [0.15, 0.2) is 4.99 Å². The first-order chi connectivity index (χ1) is 7.69. The van der Waals surface area contributed by atoms with E-state index in [1.807, 2.05) is 7.05 Å². The smallest absolute Gasteiger partial charge is 0.191 e. The van der Waals surface area contributed by atoms with Crippen LogP contribution >= 0.6 is 24.0 Å². The zero-order valence-electron chi connectivity index (χ0n) is 11.2. The van der Waals surface area contributed by atoms with Crippen LogP contribution in [0, 0.1) is 11.8 Å². The molecule has 3 nitrogen and oxygen atoms in total. The van der Waals surface area contributed by atoms with Crippen LogP contribution < -0.4 is 10.6 Å². The number of guanidine groups is 1. The molecule has 0 aromatic carbocycles. The Morgan fingerprint density at radius 1 is 1.06 bits per heavy atom. The highest BCUT2D eigenvalue weighted by Crippen LogP contribution is 2.29. The Balaban J connectivity index is 0.00000144. The molecule has 4 heteroatoms. The highest BCUT2D eigenvalue weighted by atomic mass is 127. The molecule has 0 bridgehead atoms. The normalized spacial score (nSPS) is 37.0. The fourth-order valence-electron chi connectivity index (χ4n) is 2.47. The van der Waals surface area contributed by atoms with Gasteiger partial charge >= 0.3 is 0 Å². The second-order valence-electron chi connectivity index (χ2n) is 5.64. The number of rotatable bonds is 2. The zero-order chi connectivity index (χ0) is 11.5. The standard InChI is InChI=1S/C13H25N3.HI/c1-9-4-6-11(7-5-9)15-13(14-3)16-12-8-10(12)2;/h9-12H,4-8H2,1-3H3,(H2,14,15,16);1H. The molecule has 0 spiro atoms. The summed E-state index contributed by atoms with van der Waals surface area (Å²) < 4.78 is 0. The van der Waals surface area contributed by atoms with Crippen molar-refractivity contribution in [2.45, 2.75) is 58.0 Å². The molecule has 0 aromatic rings. The highest BCUT2D eigenvalue weighted by molar-refractivity contribution is 14.0. The maximum atomic E-state index is 4.31. The molecule has 0 radical (unpaired) electrons. The summed E-state index contributed by atoms with van der Waals surface area (Å²) in [5.41, 5.74) is 0. The topological polar surface area (TPSA) is 36.4 Å². The van der Waals surface area contributed by atoms with Crippen molar-refractivity contribution in [2.24, 2.45) is 16.8 Å². The van der Waals surface area contributed by atoms with E-state index in [4.69, 9.17) is 0 Å². The SMILES string of the molecule is CN=C(NC1CCC(C)CC1)NC1CC1C.I. The van der Waals surface area contributed by atoms with Crippen LogP contribution in [0.5, 0.6) is 0 Å². The zero-order valence-corrected chi connectivity index (χ0v) is 13.5. The molecule has 2 fully saturated rings. The molecule has 2 N–H and O–H groups in total. The molecule has 2 atom stereocenters. The Morgan fingerprint density at radius 3 is 2.12 bits per heavy atom. The Labute approximate surface area is 122 Å². The van der Waals surface area contributed by atoms with E-state index in [-0.39, 0.29) is 24.0 Å². The minimum absolute atomic E-state index is 0. The molecule has 2 rings (SSSR count). The average Bonchev–Trinajstić information content (AvgIpc) is 2.96. The van der Waals surface area contributed by atoms with E-state index in [0.29, 0.717) is 12.1 Å². The van der Waals surface area contributed by atoms with Gasteiger partial charge in [0, 0.05) is 19.1 Å². The lowest BCUT2D eigenvalue weighted by molar-refractivity contribution is 0.329. The van der Waals surface area contributed by atoms with Gasteiger partial charge in [-0.25, -0.2) is 0 Å². The van der Waals surface area contributed by atoms with E-state index in [1.165, 1.54) is 32.1 Å². The summed E-state index contributed by atoms with van der Waals surface area (Å²) >= 11 is 0. The van der Waals surface area contributed by atoms with Crippen molar-refractivity contribution in [1.82, 2.24) is 10.6 Å². The summed E-state index contributed by atoms with van der Waals surface area (Å²) in [5, 5.41) is 7.04. The molecule has 0 amide bonds. The maximum absolute atomic E-state index is 4.31. The lowest BCUT2D eigenvalue weighted by atomic mass is 9.87. The number of nitrogens with zero attached hydrogens (tertiary/aromatic N) is 1. The van der Waals surface area contributed by atoms with Crippen LogP contribution in [0.25, 0.3) is 0 Å². The Hall–Kier alpha value is 0. The van der Waals surface area contributed by atoms with E-state index in [9.17, 15) is 0 Å². The monoisotopic (exact) mass is 351 g/mol. The Morgan fingerprint density at radius 2 is 1.65 bits per heavy atom. The third-order valence-electron chi connectivity index (χ3n) is 4.01. The molecular weight excluding hydrogens is 325 g/mol. The fourth-order valence-corrected chi connectivity index (χ4v) is 2.47. The summed E-state index contributed by atoms with van der Waals surface area (Å²) in [5.74, 6) is 2.75. The first-order valence-corrected chi connectivity index (χ1v) is 6.69. The molecule has 100 valence electrons. The third kappa shape index (κ3) is 4.64. The fraction of sp³-hybridized carbons (Fsp3) is 0.923. The number of aliphatic imine (C=N–C) groups is 1. The van der Waals surface area contributed by atoms with Crippen molar-refractivity contribution in [3.63, 3.8) is 0 Å². The molecule has 2 saturated carbocycles. The van der Waals surface area contributed by atoms with E-state index >= 15 is 0 Å². The van der Waals surface area contributed by atoms with Crippen LogP contribution in [0.4, 0.5) is 0 Å². The first kappa shape index (κ1) is 15.1. The van der Waals surface area contributed by atoms with Gasteiger partial charge in [-0.1, -0.05) is 13.8 Å². The minimum Gasteiger partial charge on any atom is -0.354 e. The van der Waals surface area contributed by atoms with Gasteiger partial charge in [0.25, 0.3) is 0 Å². The molecule has 2 unspecified atom stereocenters. The maximum Gasteiger partial charge on any atom is 0.191 e. The van der Waals surface area contributed by atoms with Gasteiger partial charge in [0.15, 0.2) is 5.96 Å². The van der Waals surface area contributed by atoms with Crippen molar-refractivity contribution in [3.05, 3.63) is 0 Å². The van der Waals surface area contributed by atoms with E-state index in [0.717, 1.165) is 17.8 Å². The molecule has 0 saturated heterocycles. The van der Waals surface area contributed by atoms with Gasteiger partial charge in [-0.2, -0.15) is 0 Å². The predicted molar refractivity (Wildman–Crippen MR) is 84.0 cm³/mol. The van der Waals surface area contributed by atoms with Crippen molar-refractivity contribution in [3.8, 4) is 0 Å². The van der Waals surface area contributed by atoms with Crippen molar-refractivity contribution in [1.29, 1.82) is 0 Å². The highest BCUT2D eigenvalue weighted by Gasteiger charge is 2.33. The molecular formula is C13H26IN3. The van der Waals surface area contributed by atoms with Gasteiger partial charge in [0.05, 0.1) is 0 Å². The lowest BCUT2D eigenvalue weighted by Gasteiger charge is -2.28. The van der Waals surface area contributed by atoms with Gasteiger partial charge in [0.2, 0.25) is 0 Å². The summed E-state index contributed by atoms with van der Waals surface area (Å²) in [4.78, 5) is 4.31. The molecule has 0 aliphatic heterocycles. The van der Waals surface area contributed by atoms with Crippen molar-refractivity contribution in [2.75, 3.05) is 7.05 Å². The van der Waals surface area contributed by atoms with Crippen molar-refractivity contribution >= 4 is 29.9 Å². The first-order valence-electron chi connectivity index (χ1n) is 6.69. The number of hydrogen-bond donors (Lipinski definition) is 2. The van der Waals surface area contributed by atoms with Crippen molar-refractivity contribution < 1.29 is 0 Å². The number of nitrogens with one attached hydrogen (secondary N) is 2. The van der Waals surface area contributed by atoms with Gasteiger partial charge in [-0.3, -0.25) is 4.99 Å².